The zero-order valence-corrected chi connectivity index (χ0v) is 9.53. The largest absolute Gasteiger partial charge is 0.508 e. The van der Waals surface area contributed by atoms with Crippen LogP contribution in [0.3, 0.4) is 0 Å². The highest BCUT2D eigenvalue weighted by atomic mass is 16.3. The molecule has 1 fully saturated rings. The third-order valence-corrected chi connectivity index (χ3v) is 3.04. The van der Waals surface area contributed by atoms with Crippen LogP contribution in [-0.4, -0.2) is 29.1 Å². The Balaban J connectivity index is 2.33. The van der Waals surface area contributed by atoms with Crippen LogP contribution in [0.4, 0.5) is 4.79 Å². The van der Waals surface area contributed by atoms with Crippen LogP contribution >= 0.6 is 0 Å². The Kier molecular flexibility index (Phi) is 2.73. The quantitative estimate of drug-likeness (QED) is 0.798. The van der Waals surface area contributed by atoms with Crippen LogP contribution < -0.4 is 5.32 Å². The highest BCUT2D eigenvalue weighted by molar-refractivity contribution is 5.77. The van der Waals surface area contributed by atoms with Crippen molar-refractivity contribution in [3.05, 3.63) is 29.3 Å². The Labute approximate surface area is 94.9 Å². The third kappa shape index (κ3) is 1.71. The van der Waals surface area contributed by atoms with Crippen molar-refractivity contribution in [2.24, 2.45) is 0 Å². The minimum atomic E-state index is -0.0139. The number of likely N-dealkylation sites (N-methyl/N-ethyl adjacent to an activating group) is 1. The van der Waals surface area contributed by atoms with E-state index in [0.29, 0.717) is 13.1 Å². The zero-order chi connectivity index (χ0) is 11.7. The highest BCUT2D eigenvalue weighted by Gasteiger charge is 2.31. The van der Waals surface area contributed by atoms with E-state index in [4.69, 9.17) is 0 Å². The summed E-state index contributed by atoms with van der Waals surface area (Å²) in [5, 5.41) is 12.2. The molecule has 1 aliphatic rings. The predicted molar refractivity (Wildman–Crippen MR) is 61.4 cm³/mol. The molecular formula is C12H16N2O2. The number of nitrogens with zero attached hydrogens (tertiary/aromatic N) is 1. The number of amides is 2. The highest BCUT2D eigenvalue weighted by Crippen LogP contribution is 2.28. The first-order valence-corrected chi connectivity index (χ1v) is 5.47. The van der Waals surface area contributed by atoms with Crippen molar-refractivity contribution in [3.8, 4) is 5.75 Å². The van der Waals surface area contributed by atoms with Crippen molar-refractivity contribution < 1.29 is 9.90 Å². The van der Waals surface area contributed by atoms with Crippen molar-refractivity contribution in [1.29, 1.82) is 0 Å². The molecule has 1 atom stereocenters. The summed E-state index contributed by atoms with van der Waals surface area (Å²) in [5.74, 6) is 0.265. The van der Waals surface area contributed by atoms with E-state index in [1.54, 1.807) is 17.0 Å². The topological polar surface area (TPSA) is 52.6 Å². The lowest BCUT2D eigenvalue weighted by Gasteiger charge is -2.23. The summed E-state index contributed by atoms with van der Waals surface area (Å²) in [4.78, 5) is 13.3. The lowest BCUT2D eigenvalue weighted by Crippen LogP contribution is -2.29. The average Bonchev–Trinajstić information content (AvgIpc) is 2.59. The molecule has 0 aromatic heterocycles. The van der Waals surface area contributed by atoms with E-state index >= 15 is 0 Å². The number of phenolic OH excluding ortho intramolecular Hbond substituents is 1. The van der Waals surface area contributed by atoms with Gasteiger partial charge in [-0.05, 0) is 37.1 Å². The molecule has 4 nitrogen and oxygen atoms in total. The molecule has 0 bridgehead atoms. The number of phenols is 1. The lowest BCUT2D eigenvalue weighted by molar-refractivity contribution is 0.207. The molecule has 1 heterocycles. The average molecular weight is 220 g/mol. The maximum absolute atomic E-state index is 11.5. The van der Waals surface area contributed by atoms with Crippen molar-refractivity contribution in [3.63, 3.8) is 0 Å². The van der Waals surface area contributed by atoms with Crippen molar-refractivity contribution in [2.75, 3.05) is 13.1 Å². The number of aromatic hydroxyl groups is 1. The molecule has 16 heavy (non-hydrogen) atoms. The van der Waals surface area contributed by atoms with Gasteiger partial charge in [-0.15, -0.1) is 0 Å². The van der Waals surface area contributed by atoms with Gasteiger partial charge in [0.15, 0.2) is 0 Å². The second kappa shape index (κ2) is 4.04. The second-order valence-electron chi connectivity index (χ2n) is 4.03. The lowest BCUT2D eigenvalue weighted by atomic mass is 10.0. The van der Waals surface area contributed by atoms with Crippen LogP contribution in [0.5, 0.6) is 5.75 Å². The van der Waals surface area contributed by atoms with Crippen molar-refractivity contribution >= 4 is 6.03 Å². The van der Waals surface area contributed by atoms with E-state index in [1.165, 1.54) is 0 Å². The zero-order valence-electron chi connectivity index (χ0n) is 9.53. The molecule has 1 aliphatic heterocycles. The van der Waals surface area contributed by atoms with Gasteiger partial charge in [0, 0.05) is 13.1 Å². The Morgan fingerprint density at radius 1 is 1.56 bits per heavy atom. The summed E-state index contributed by atoms with van der Waals surface area (Å²) < 4.78 is 0. The number of hydrogen-bond donors (Lipinski definition) is 2. The van der Waals surface area contributed by atoms with E-state index in [2.05, 4.69) is 5.32 Å². The summed E-state index contributed by atoms with van der Waals surface area (Å²) in [6, 6.07) is 5.35. The van der Waals surface area contributed by atoms with E-state index in [0.717, 1.165) is 11.1 Å². The maximum atomic E-state index is 11.5. The molecule has 0 radical (unpaired) electrons. The van der Waals surface area contributed by atoms with Crippen LogP contribution in [-0.2, 0) is 0 Å². The Morgan fingerprint density at radius 2 is 2.31 bits per heavy atom. The van der Waals surface area contributed by atoms with Gasteiger partial charge < -0.3 is 15.3 Å². The number of aryl methyl sites for hydroxylation is 1. The second-order valence-corrected chi connectivity index (χ2v) is 4.03. The van der Waals surface area contributed by atoms with Crippen molar-refractivity contribution in [2.45, 2.75) is 19.9 Å². The molecule has 4 heteroatoms. The van der Waals surface area contributed by atoms with Crippen molar-refractivity contribution in [1.82, 2.24) is 10.2 Å². The summed E-state index contributed by atoms with van der Waals surface area (Å²) in [6.07, 6.45) is 0. The fourth-order valence-corrected chi connectivity index (χ4v) is 2.21. The molecule has 0 saturated carbocycles. The Bertz CT molecular complexity index is 417. The van der Waals surface area contributed by atoms with Gasteiger partial charge in [-0.1, -0.05) is 6.07 Å². The number of urea groups is 1. The van der Waals surface area contributed by atoms with E-state index in [-0.39, 0.29) is 17.8 Å². The van der Waals surface area contributed by atoms with E-state index in [1.807, 2.05) is 19.9 Å². The minimum Gasteiger partial charge on any atom is -0.508 e. The summed E-state index contributed by atoms with van der Waals surface area (Å²) in [6.45, 7) is 5.24. The fourth-order valence-electron chi connectivity index (χ4n) is 2.21. The molecule has 2 amide bonds. The van der Waals surface area contributed by atoms with Crippen LogP contribution in [0, 0.1) is 6.92 Å². The molecule has 86 valence electrons. The maximum Gasteiger partial charge on any atom is 0.318 e. The number of carbonyl (C=O) groups is 1. The van der Waals surface area contributed by atoms with E-state index < -0.39 is 0 Å². The molecule has 2 N–H and O–H groups in total. The SMILES string of the molecule is CCN1C(=O)NCC1c1ccc(O)cc1C. The van der Waals surface area contributed by atoms with Gasteiger partial charge in [0.05, 0.1) is 6.04 Å². The minimum absolute atomic E-state index is 0.0139. The standard InChI is InChI=1S/C12H16N2O2/c1-3-14-11(7-13-12(14)16)10-5-4-9(15)6-8(10)2/h4-6,11,15H,3,7H2,1-2H3,(H,13,16). The van der Waals surface area contributed by atoms with Gasteiger partial charge in [-0.25, -0.2) is 4.79 Å². The smallest absolute Gasteiger partial charge is 0.318 e. The van der Waals surface area contributed by atoms with Crippen LogP contribution in [0.25, 0.3) is 0 Å². The molecule has 1 aromatic rings. The number of benzene rings is 1. The first-order valence-electron chi connectivity index (χ1n) is 5.47. The van der Waals surface area contributed by atoms with E-state index in [9.17, 15) is 9.90 Å². The van der Waals surface area contributed by atoms with Gasteiger partial charge in [-0.3, -0.25) is 0 Å². The molecule has 1 unspecified atom stereocenters. The number of rotatable bonds is 2. The monoisotopic (exact) mass is 220 g/mol. The molecule has 1 aromatic carbocycles. The first kappa shape index (κ1) is 10.8. The Morgan fingerprint density at radius 3 is 2.94 bits per heavy atom. The van der Waals surface area contributed by atoms with Gasteiger partial charge in [0.2, 0.25) is 0 Å². The summed E-state index contributed by atoms with van der Waals surface area (Å²) >= 11 is 0. The van der Waals surface area contributed by atoms with Gasteiger partial charge in [-0.2, -0.15) is 0 Å². The van der Waals surface area contributed by atoms with Crippen LogP contribution in [0.1, 0.15) is 24.1 Å². The van der Waals surface area contributed by atoms with Crippen LogP contribution in [0.15, 0.2) is 18.2 Å². The predicted octanol–water partition coefficient (Wildman–Crippen LogP) is 1.79. The molecule has 2 rings (SSSR count). The summed E-state index contributed by atoms with van der Waals surface area (Å²) in [7, 11) is 0. The molecule has 0 aliphatic carbocycles. The first-order chi connectivity index (χ1) is 7.63. The van der Waals surface area contributed by atoms with Gasteiger partial charge in [0.1, 0.15) is 5.75 Å². The molecular weight excluding hydrogens is 204 g/mol. The fraction of sp³-hybridized carbons (Fsp3) is 0.417. The van der Waals surface area contributed by atoms with Gasteiger partial charge in [0.25, 0.3) is 0 Å². The van der Waals surface area contributed by atoms with Crippen LogP contribution in [0.2, 0.25) is 0 Å². The third-order valence-electron chi connectivity index (χ3n) is 3.04. The molecule has 0 spiro atoms. The normalized spacial score (nSPS) is 20.0. The molecule has 1 saturated heterocycles. The number of nitrogens with one attached hydrogen (secondary N) is 1. The number of hydrogen-bond acceptors (Lipinski definition) is 2. The van der Waals surface area contributed by atoms with Gasteiger partial charge >= 0.3 is 6.03 Å². The Hall–Kier alpha value is -1.71. The number of carbonyl (C=O) groups excluding carboxylic acids is 1. The summed E-state index contributed by atoms with van der Waals surface area (Å²) in [5.41, 5.74) is 2.11.